The number of hydrogen-bond donors (Lipinski definition) is 1. The fourth-order valence-corrected chi connectivity index (χ4v) is 3.76. The van der Waals surface area contributed by atoms with E-state index in [2.05, 4.69) is 42.7 Å². The fraction of sp³-hybridized carbons (Fsp3) is 0.933. The van der Waals surface area contributed by atoms with Crippen molar-refractivity contribution >= 4 is 17.7 Å². The van der Waals surface area contributed by atoms with Crippen LogP contribution in [-0.2, 0) is 0 Å². The lowest BCUT2D eigenvalue weighted by Gasteiger charge is -2.36. The monoisotopic (exact) mass is 283 g/mol. The molecule has 0 spiro atoms. The molecule has 0 bridgehead atoms. The Hall–Kier alpha value is -0.380. The fourth-order valence-electron chi connectivity index (χ4n) is 2.46. The van der Waals surface area contributed by atoms with Crippen LogP contribution >= 0.6 is 11.8 Å². The molecule has 1 heterocycles. The number of nitrogens with one attached hydrogen (secondary N) is 1. The maximum Gasteiger partial charge on any atom is 0.193 e. The highest BCUT2D eigenvalue weighted by molar-refractivity contribution is 8.00. The molecule has 1 atom stereocenters. The first-order valence-corrected chi connectivity index (χ1v) is 8.90. The van der Waals surface area contributed by atoms with Crippen molar-refractivity contribution < 1.29 is 0 Å². The number of guanidine groups is 1. The summed E-state index contributed by atoms with van der Waals surface area (Å²) in [5.41, 5.74) is 0. The minimum atomic E-state index is 0.751. The summed E-state index contributed by atoms with van der Waals surface area (Å²) in [7, 11) is 0. The largest absolute Gasteiger partial charge is 0.357 e. The molecule has 2 fully saturated rings. The summed E-state index contributed by atoms with van der Waals surface area (Å²) >= 11 is 2.12. The Balaban J connectivity index is 1.88. The zero-order valence-corrected chi connectivity index (χ0v) is 13.5. The zero-order chi connectivity index (χ0) is 13.7. The van der Waals surface area contributed by atoms with E-state index in [1.54, 1.807) is 0 Å². The van der Waals surface area contributed by atoms with E-state index in [1.165, 1.54) is 25.0 Å². The average Bonchev–Trinajstić information content (AvgIpc) is 3.22. The summed E-state index contributed by atoms with van der Waals surface area (Å²) in [6.45, 7) is 11.1. The predicted octanol–water partition coefficient (Wildman–Crippen LogP) is 2.83. The smallest absolute Gasteiger partial charge is 0.193 e. The molecule has 1 aliphatic heterocycles. The first-order valence-electron chi connectivity index (χ1n) is 7.85. The van der Waals surface area contributed by atoms with Crippen LogP contribution in [0.25, 0.3) is 0 Å². The lowest BCUT2D eigenvalue weighted by molar-refractivity contribution is 0.380. The van der Waals surface area contributed by atoms with E-state index in [1.807, 2.05) is 0 Å². The van der Waals surface area contributed by atoms with Gasteiger partial charge in [0.05, 0.1) is 0 Å². The minimum Gasteiger partial charge on any atom is -0.357 e. The second-order valence-electron chi connectivity index (χ2n) is 6.07. The standard InChI is InChI=1S/C15H29N3S/c1-4-16-15(17-8-7-13-5-6-13)18-9-10-19-14(11-18)12(2)3/h12-14H,4-11H2,1-3H3,(H,16,17). The summed E-state index contributed by atoms with van der Waals surface area (Å²) in [5, 5.41) is 4.22. The van der Waals surface area contributed by atoms with E-state index >= 15 is 0 Å². The topological polar surface area (TPSA) is 27.6 Å². The van der Waals surface area contributed by atoms with Crippen LogP contribution in [0.3, 0.4) is 0 Å². The first kappa shape index (κ1) is 15.0. The third-order valence-electron chi connectivity index (χ3n) is 3.97. The minimum absolute atomic E-state index is 0.751. The average molecular weight is 283 g/mol. The van der Waals surface area contributed by atoms with Gasteiger partial charge in [0.25, 0.3) is 0 Å². The normalized spacial score (nSPS) is 24.9. The number of nitrogens with zero attached hydrogens (tertiary/aromatic N) is 2. The van der Waals surface area contributed by atoms with E-state index < -0.39 is 0 Å². The molecule has 3 nitrogen and oxygen atoms in total. The molecule has 0 aromatic rings. The van der Waals surface area contributed by atoms with Gasteiger partial charge < -0.3 is 10.2 Å². The molecular weight excluding hydrogens is 254 g/mol. The summed E-state index contributed by atoms with van der Waals surface area (Å²) in [6, 6.07) is 0. The Morgan fingerprint density at radius 2 is 2.21 bits per heavy atom. The number of thioether (sulfide) groups is 1. The molecule has 1 aliphatic carbocycles. The van der Waals surface area contributed by atoms with Gasteiger partial charge in [0.2, 0.25) is 0 Å². The van der Waals surface area contributed by atoms with Gasteiger partial charge in [-0.2, -0.15) is 11.8 Å². The zero-order valence-electron chi connectivity index (χ0n) is 12.7. The van der Waals surface area contributed by atoms with Gasteiger partial charge in [0.15, 0.2) is 5.96 Å². The molecule has 1 N–H and O–H groups in total. The van der Waals surface area contributed by atoms with Gasteiger partial charge in [-0.3, -0.25) is 4.99 Å². The molecule has 0 aromatic heterocycles. The highest BCUT2D eigenvalue weighted by Crippen LogP contribution is 2.32. The number of hydrogen-bond acceptors (Lipinski definition) is 2. The molecule has 1 unspecified atom stereocenters. The maximum atomic E-state index is 4.83. The Kier molecular flexibility index (Phi) is 5.86. The highest BCUT2D eigenvalue weighted by Gasteiger charge is 2.25. The van der Waals surface area contributed by atoms with Crippen molar-refractivity contribution in [2.45, 2.75) is 45.3 Å². The van der Waals surface area contributed by atoms with Crippen LogP contribution in [0, 0.1) is 11.8 Å². The molecule has 1 saturated carbocycles. The van der Waals surface area contributed by atoms with E-state index in [0.717, 1.165) is 49.2 Å². The van der Waals surface area contributed by atoms with E-state index in [9.17, 15) is 0 Å². The molecule has 2 aliphatic rings. The van der Waals surface area contributed by atoms with Gasteiger partial charge >= 0.3 is 0 Å². The van der Waals surface area contributed by atoms with E-state index in [0.29, 0.717) is 0 Å². The quantitative estimate of drug-likeness (QED) is 0.621. The molecule has 1 saturated heterocycles. The van der Waals surface area contributed by atoms with Crippen LogP contribution < -0.4 is 5.32 Å². The van der Waals surface area contributed by atoms with E-state index in [4.69, 9.17) is 4.99 Å². The van der Waals surface area contributed by atoms with Gasteiger partial charge in [-0.25, -0.2) is 0 Å². The van der Waals surface area contributed by atoms with Crippen molar-refractivity contribution in [2.75, 3.05) is 31.9 Å². The highest BCUT2D eigenvalue weighted by atomic mass is 32.2. The van der Waals surface area contributed by atoms with Crippen molar-refractivity contribution in [3.8, 4) is 0 Å². The van der Waals surface area contributed by atoms with Crippen LogP contribution in [0.15, 0.2) is 4.99 Å². The lowest BCUT2D eigenvalue weighted by atomic mass is 10.1. The van der Waals surface area contributed by atoms with Crippen LogP contribution in [-0.4, -0.2) is 48.0 Å². The molecular formula is C15H29N3S. The second kappa shape index (κ2) is 7.41. The lowest BCUT2D eigenvalue weighted by Crippen LogP contribution is -2.49. The van der Waals surface area contributed by atoms with Crippen molar-refractivity contribution in [3.05, 3.63) is 0 Å². The Morgan fingerprint density at radius 3 is 2.84 bits per heavy atom. The molecule has 4 heteroatoms. The van der Waals surface area contributed by atoms with Crippen LogP contribution in [0.1, 0.15) is 40.0 Å². The summed E-state index contributed by atoms with van der Waals surface area (Å²) < 4.78 is 0. The van der Waals surface area contributed by atoms with Gasteiger partial charge in [0.1, 0.15) is 0 Å². The first-order chi connectivity index (χ1) is 9.20. The summed E-state index contributed by atoms with van der Waals surface area (Å²) in [4.78, 5) is 7.30. The summed E-state index contributed by atoms with van der Waals surface area (Å²) in [6.07, 6.45) is 4.15. The van der Waals surface area contributed by atoms with E-state index in [-0.39, 0.29) is 0 Å². The Morgan fingerprint density at radius 1 is 1.42 bits per heavy atom. The van der Waals surface area contributed by atoms with Crippen LogP contribution in [0.4, 0.5) is 0 Å². The van der Waals surface area contributed by atoms with Crippen molar-refractivity contribution in [3.63, 3.8) is 0 Å². The maximum absolute atomic E-state index is 4.83. The molecule has 0 aromatic carbocycles. The van der Waals surface area contributed by atoms with Crippen LogP contribution in [0.2, 0.25) is 0 Å². The Labute approximate surface area is 122 Å². The van der Waals surface area contributed by atoms with Gasteiger partial charge in [0, 0.05) is 37.2 Å². The summed E-state index contributed by atoms with van der Waals surface area (Å²) in [5.74, 6) is 4.11. The number of rotatable bonds is 5. The molecule has 2 rings (SSSR count). The SMILES string of the molecule is CCNC(=NCCC1CC1)N1CCSC(C(C)C)C1. The molecule has 0 radical (unpaired) electrons. The molecule has 110 valence electrons. The van der Waals surface area contributed by atoms with Gasteiger partial charge in [-0.1, -0.05) is 26.7 Å². The van der Waals surface area contributed by atoms with Crippen molar-refractivity contribution in [2.24, 2.45) is 16.8 Å². The van der Waals surface area contributed by atoms with Gasteiger partial charge in [-0.05, 0) is 25.2 Å². The predicted molar refractivity (Wildman–Crippen MR) is 86.0 cm³/mol. The van der Waals surface area contributed by atoms with Gasteiger partial charge in [-0.15, -0.1) is 0 Å². The molecule has 19 heavy (non-hydrogen) atoms. The Bertz CT molecular complexity index is 300. The van der Waals surface area contributed by atoms with Crippen LogP contribution in [0.5, 0.6) is 0 Å². The third-order valence-corrected chi connectivity index (χ3v) is 5.51. The third kappa shape index (κ3) is 4.90. The van der Waals surface area contributed by atoms with Crippen molar-refractivity contribution in [1.82, 2.24) is 10.2 Å². The molecule has 0 amide bonds. The number of aliphatic imine (C=N–C) groups is 1. The van der Waals surface area contributed by atoms with Crippen molar-refractivity contribution in [1.29, 1.82) is 0 Å². The second-order valence-corrected chi connectivity index (χ2v) is 7.41.